The molecule has 2 N–H and O–H groups in total. The molecule has 14 heavy (non-hydrogen) atoms. The summed E-state index contributed by atoms with van der Waals surface area (Å²) in [6, 6.07) is 10.5. The molecule has 0 fully saturated rings. The maximum Gasteiger partial charge on any atom is 0.00502 e. The molecule has 1 unspecified atom stereocenters. The lowest BCUT2D eigenvalue weighted by Crippen LogP contribution is -2.31. The van der Waals surface area contributed by atoms with Crippen LogP contribution in [0.4, 0.5) is 0 Å². The lowest BCUT2D eigenvalue weighted by molar-refractivity contribution is 0.449. The Morgan fingerprint density at radius 2 is 2.00 bits per heavy atom. The third-order valence-corrected chi connectivity index (χ3v) is 2.82. The lowest BCUT2D eigenvalue weighted by atomic mass is 9.79. The molecule has 0 amide bonds. The van der Waals surface area contributed by atoms with Crippen molar-refractivity contribution in [1.82, 2.24) is 0 Å². The van der Waals surface area contributed by atoms with Gasteiger partial charge in [0.15, 0.2) is 0 Å². The van der Waals surface area contributed by atoms with Crippen LogP contribution in [0.25, 0.3) is 0 Å². The third-order valence-electron chi connectivity index (χ3n) is 2.82. The van der Waals surface area contributed by atoms with E-state index >= 15 is 0 Å². The van der Waals surface area contributed by atoms with Crippen LogP contribution in [0.5, 0.6) is 0 Å². The summed E-state index contributed by atoms with van der Waals surface area (Å²) >= 11 is 0. The summed E-state index contributed by atoms with van der Waals surface area (Å²) < 4.78 is 0. The molecule has 0 bridgehead atoms. The molecule has 0 saturated carbocycles. The minimum absolute atomic E-state index is 0.0927. The fourth-order valence-electron chi connectivity index (χ4n) is 1.63. The molecular formula is C13H19N. The minimum atomic E-state index is 0.0927. The first-order valence-corrected chi connectivity index (χ1v) is 5.09. The van der Waals surface area contributed by atoms with Crippen LogP contribution in [0, 0.1) is 0 Å². The summed E-state index contributed by atoms with van der Waals surface area (Å²) in [7, 11) is 0. The van der Waals surface area contributed by atoms with Crippen LogP contribution in [0.3, 0.4) is 0 Å². The predicted octanol–water partition coefficient (Wildman–Crippen LogP) is 2.87. The van der Waals surface area contributed by atoms with Gasteiger partial charge in [0.05, 0.1) is 0 Å². The normalized spacial score (nSPS) is 14.7. The second-order valence-corrected chi connectivity index (χ2v) is 3.96. The SMILES string of the molecule is C=CCCC(C)(CN)c1ccccc1. The molecule has 0 aromatic heterocycles. The molecule has 1 atom stereocenters. The Morgan fingerprint density at radius 3 is 2.50 bits per heavy atom. The first-order valence-electron chi connectivity index (χ1n) is 5.09. The summed E-state index contributed by atoms with van der Waals surface area (Å²) in [6.45, 7) is 6.65. The van der Waals surface area contributed by atoms with Crippen molar-refractivity contribution in [3.63, 3.8) is 0 Å². The van der Waals surface area contributed by atoms with E-state index in [0.29, 0.717) is 6.54 Å². The Hall–Kier alpha value is -1.08. The van der Waals surface area contributed by atoms with Gasteiger partial charge in [-0.25, -0.2) is 0 Å². The number of hydrogen-bond donors (Lipinski definition) is 1. The molecule has 1 heteroatoms. The van der Waals surface area contributed by atoms with Gasteiger partial charge in [-0.1, -0.05) is 43.3 Å². The highest BCUT2D eigenvalue weighted by Crippen LogP contribution is 2.27. The van der Waals surface area contributed by atoms with Gasteiger partial charge in [-0.05, 0) is 18.4 Å². The van der Waals surface area contributed by atoms with Crippen LogP contribution in [0.15, 0.2) is 43.0 Å². The first-order chi connectivity index (χ1) is 6.73. The van der Waals surface area contributed by atoms with E-state index in [4.69, 9.17) is 5.73 Å². The topological polar surface area (TPSA) is 26.0 Å². The Balaban J connectivity index is 2.84. The van der Waals surface area contributed by atoms with Crippen LogP contribution in [-0.2, 0) is 5.41 Å². The van der Waals surface area contributed by atoms with Crippen molar-refractivity contribution >= 4 is 0 Å². The standard InChI is InChI=1S/C13H19N/c1-3-4-10-13(2,11-14)12-8-6-5-7-9-12/h3,5-9H,1,4,10-11,14H2,2H3. The van der Waals surface area contributed by atoms with Crippen molar-refractivity contribution < 1.29 is 0 Å². The zero-order chi connectivity index (χ0) is 10.4. The van der Waals surface area contributed by atoms with E-state index in [-0.39, 0.29) is 5.41 Å². The van der Waals surface area contributed by atoms with E-state index in [1.165, 1.54) is 5.56 Å². The van der Waals surface area contributed by atoms with E-state index in [2.05, 4.69) is 37.8 Å². The number of nitrogens with two attached hydrogens (primary N) is 1. The first kappa shape index (κ1) is 11.0. The third kappa shape index (κ3) is 2.46. The van der Waals surface area contributed by atoms with Gasteiger partial charge in [-0.2, -0.15) is 0 Å². The van der Waals surface area contributed by atoms with Crippen LogP contribution in [0.1, 0.15) is 25.3 Å². The summed E-state index contributed by atoms with van der Waals surface area (Å²) in [5.41, 5.74) is 7.26. The second kappa shape index (κ2) is 4.97. The lowest BCUT2D eigenvalue weighted by Gasteiger charge is -2.28. The highest BCUT2D eigenvalue weighted by molar-refractivity contribution is 5.24. The van der Waals surface area contributed by atoms with Gasteiger partial charge < -0.3 is 5.73 Å². The van der Waals surface area contributed by atoms with E-state index < -0.39 is 0 Å². The van der Waals surface area contributed by atoms with Crippen molar-refractivity contribution in [1.29, 1.82) is 0 Å². The summed E-state index contributed by atoms with van der Waals surface area (Å²) in [6.07, 6.45) is 4.04. The fraction of sp³-hybridized carbons (Fsp3) is 0.385. The van der Waals surface area contributed by atoms with Crippen molar-refractivity contribution in [3.05, 3.63) is 48.6 Å². The van der Waals surface area contributed by atoms with E-state index in [1.807, 2.05) is 12.1 Å². The average molecular weight is 189 g/mol. The number of benzene rings is 1. The Morgan fingerprint density at radius 1 is 1.36 bits per heavy atom. The van der Waals surface area contributed by atoms with Gasteiger partial charge in [-0.3, -0.25) is 0 Å². The van der Waals surface area contributed by atoms with Crippen LogP contribution in [0.2, 0.25) is 0 Å². The molecule has 0 spiro atoms. The molecule has 0 heterocycles. The maximum atomic E-state index is 5.85. The Kier molecular flexibility index (Phi) is 3.90. The molecule has 0 aliphatic carbocycles. The largest absolute Gasteiger partial charge is 0.330 e. The van der Waals surface area contributed by atoms with Gasteiger partial charge in [0.2, 0.25) is 0 Å². The quantitative estimate of drug-likeness (QED) is 0.708. The van der Waals surface area contributed by atoms with Crippen molar-refractivity contribution in [2.45, 2.75) is 25.2 Å². The van der Waals surface area contributed by atoms with Crippen molar-refractivity contribution in [3.8, 4) is 0 Å². The Labute approximate surface area is 86.6 Å². The molecule has 1 aromatic carbocycles. The highest BCUT2D eigenvalue weighted by Gasteiger charge is 2.23. The average Bonchev–Trinajstić information content (AvgIpc) is 2.27. The zero-order valence-electron chi connectivity index (χ0n) is 8.87. The molecule has 0 radical (unpaired) electrons. The van der Waals surface area contributed by atoms with Crippen LogP contribution in [-0.4, -0.2) is 6.54 Å². The van der Waals surface area contributed by atoms with Crippen LogP contribution < -0.4 is 5.73 Å². The predicted molar refractivity (Wildman–Crippen MR) is 62.3 cm³/mol. The molecule has 1 nitrogen and oxygen atoms in total. The minimum Gasteiger partial charge on any atom is -0.330 e. The molecule has 0 aliphatic rings. The van der Waals surface area contributed by atoms with Crippen molar-refractivity contribution in [2.24, 2.45) is 5.73 Å². The maximum absolute atomic E-state index is 5.85. The smallest absolute Gasteiger partial charge is 0.00502 e. The highest BCUT2D eigenvalue weighted by atomic mass is 14.6. The Bertz CT molecular complexity index is 279. The van der Waals surface area contributed by atoms with Gasteiger partial charge in [0, 0.05) is 12.0 Å². The molecule has 0 aliphatic heterocycles. The molecule has 1 rings (SSSR count). The fourth-order valence-corrected chi connectivity index (χ4v) is 1.63. The summed E-state index contributed by atoms with van der Waals surface area (Å²) in [5, 5.41) is 0. The molecule has 1 aromatic rings. The molecular weight excluding hydrogens is 170 g/mol. The van der Waals surface area contributed by atoms with E-state index in [1.54, 1.807) is 0 Å². The zero-order valence-corrected chi connectivity index (χ0v) is 8.87. The van der Waals surface area contributed by atoms with Gasteiger partial charge in [0.25, 0.3) is 0 Å². The van der Waals surface area contributed by atoms with Gasteiger partial charge in [0.1, 0.15) is 0 Å². The van der Waals surface area contributed by atoms with Gasteiger partial charge in [-0.15, -0.1) is 6.58 Å². The van der Waals surface area contributed by atoms with Crippen LogP contribution >= 0.6 is 0 Å². The number of allylic oxidation sites excluding steroid dienone is 1. The monoisotopic (exact) mass is 189 g/mol. The number of hydrogen-bond acceptors (Lipinski definition) is 1. The van der Waals surface area contributed by atoms with Crippen molar-refractivity contribution in [2.75, 3.05) is 6.54 Å². The number of rotatable bonds is 5. The van der Waals surface area contributed by atoms with E-state index in [9.17, 15) is 0 Å². The van der Waals surface area contributed by atoms with Gasteiger partial charge >= 0.3 is 0 Å². The second-order valence-electron chi connectivity index (χ2n) is 3.96. The molecule has 0 saturated heterocycles. The molecule has 76 valence electrons. The summed E-state index contributed by atoms with van der Waals surface area (Å²) in [4.78, 5) is 0. The van der Waals surface area contributed by atoms with E-state index in [0.717, 1.165) is 12.8 Å². The summed E-state index contributed by atoms with van der Waals surface area (Å²) in [5.74, 6) is 0.